The highest BCUT2D eigenvalue weighted by atomic mass is 16.6. The Hall–Kier alpha value is -1.97. The quantitative estimate of drug-likeness (QED) is 0.599. The van der Waals surface area contributed by atoms with Gasteiger partial charge in [0.2, 0.25) is 0 Å². The number of rotatable bonds is 7. The number of ether oxygens (including phenoxy) is 2. The lowest BCUT2D eigenvalue weighted by Gasteiger charge is -2.34. The van der Waals surface area contributed by atoms with Gasteiger partial charge in [0.05, 0.1) is 18.8 Å². The van der Waals surface area contributed by atoms with E-state index in [-0.39, 0.29) is 12.2 Å². The average molecular weight is 345 g/mol. The molecule has 1 aromatic rings. The van der Waals surface area contributed by atoms with E-state index in [0.29, 0.717) is 19.1 Å². The fourth-order valence-corrected chi connectivity index (χ4v) is 2.75. The van der Waals surface area contributed by atoms with Gasteiger partial charge in [-0.2, -0.15) is 0 Å². The van der Waals surface area contributed by atoms with Crippen LogP contribution < -0.4 is 9.64 Å². The Bertz CT molecular complexity index is 595. The molecule has 1 heterocycles. The molecule has 2 rings (SSSR count). The minimum atomic E-state index is -0.288. The van der Waals surface area contributed by atoms with Crippen LogP contribution in [0.3, 0.4) is 0 Å². The predicted octanol–water partition coefficient (Wildman–Crippen LogP) is 5.66. The van der Waals surface area contributed by atoms with Crippen molar-refractivity contribution >= 4 is 17.9 Å². The number of amides is 1. The number of hydrogen-bond donors (Lipinski definition) is 0. The number of anilines is 1. The third-order valence-corrected chi connectivity index (χ3v) is 4.22. The van der Waals surface area contributed by atoms with Gasteiger partial charge < -0.3 is 9.47 Å². The summed E-state index contributed by atoms with van der Waals surface area (Å²) >= 11 is 0. The number of unbranched alkanes of at least 4 members (excludes halogenated alkanes) is 2. The van der Waals surface area contributed by atoms with Crippen molar-refractivity contribution in [3.8, 4) is 5.75 Å². The lowest BCUT2D eigenvalue weighted by Crippen LogP contribution is -2.44. The number of nitrogens with zero attached hydrogens (tertiary/aromatic N) is 1. The van der Waals surface area contributed by atoms with Crippen molar-refractivity contribution in [3.05, 3.63) is 29.8 Å². The molecule has 0 saturated heterocycles. The van der Waals surface area contributed by atoms with Crippen molar-refractivity contribution in [1.29, 1.82) is 0 Å². The van der Waals surface area contributed by atoms with Gasteiger partial charge in [-0.3, -0.25) is 4.90 Å². The van der Waals surface area contributed by atoms with Gasteiger partial charge in [-0.25, -0.2) is 4.79 Å². The summed E-state index contributed by atoms with van der Waals surface area (Å²) in [6.07, 6.45) is 8.24. The molecule has 1 atom stereocenters. The highest BCUT2D eigenvalue weighted by Gasteiger charge is 2.31. The normalized spacial score (nSPS) is 16.8. The van der Waals surface area contributed by atoms with Crippen LogP contribution in [0.1, 0.15) is 58.9 Å². The molecule has 0 bridgehead atoms. The molecule has 1 aliphatic heterocycles. The number of carbonyl (C=O) groups is 1. The maximum Gasteiger partial charge on any atom is 0.414 e. The largest absolute Gasteiger partial charge is 0.486 e. The van der Waals surface area contributed by atoms with Crippen LogP contribution in [0.4, 0.5) is 10.5 Å². The molecular weight excluding hydrogens is 314 g/mol. The zero-order valence-corrected chi connectivity index (χ0v) is 16.0. The van der Waals surface area contributed by atoms with Crippen molar-refractivity contribution in [2.45, 2.75) is 59.5 Å². The SMILES string of the molecule is CCCC/C=C/c1cccc2c1OC(CC)CN2C(=O)OCC(C)C. The highest BCUT2D eigenvalue weighted by Crippen LogP contribution is 2.38. The smallest absolute Gasteiger partial charge is 0.414 e. The second-order valence-electron chi connectivity index (χ2n) is 6.97. The molecule has 4 nitrogen and oxygen atoms in total. The summed E-state index contributed by atoms with van der Waals surface area (Å²) in [5.41, 5.74) is 1.82. The van der Waals surface area contributed by atoms with Gasteiger partial charge in [-0.1, -0.05) is 64.8 Å². The van der Waals surface area contributed by atoms with Crippen LogP contribution in [0.2, 0.25) is 0 Å². The van der Waals surface area contributed by atoms with Crippen molar-refractivity contribution in [2.75, 3.05) is 18.1 Å². The number of hydrogen-bond acceptors (Lipinski definition) is 3. The first-order chi connectivity index (χ1) is 12.1. The number of allylic oxidation sites excluding steroid dienone is 1. The fourth-order valence-electron chi connectivity index (χ4n) is 2.75. The first kappa shape index (κ1) is 19.4. The molecule has 4 heteroatoms. The third kappa shape index (κ3) is 5.25. The first-order valence-electron chi connectivity index (χ1n) is 9.47. The van der Waals surface area contributed by atoms with E-state index in [1.54, 1.807) is 4.90 Å². The zero-order chi connectivity index (χ0) is 18.2. The highest BCUT2D eigenvalue weighted by molar-refractivity contribution is 5.91. The molecule has 138 valence electrons. The van der Waals surface area contributed by atoms with Gasteiger partial charge in [0.25, 0.3) is 0 Å². The van der Waals surface area contributed by atoms with Gasteiger partial charge in [0, 0.05) is 5.56 Å². The molecule has 0 aliphatic carbocycles. The zero-order valence-electron chi connectivity index (χ0n) is 16.0. The second kappa shape index (κ2) is 9.50. The van der Waals surface area contributed by atoms with Crippen LogP contribution in [-0.4, -0.2) is 25.3 Å². The summed E-state index contributed by atoms with van der Waals surface area (Å²) in [7, 11) is 0. The Morgan fingerprint density at radius 1 is 1.40 bits per heavy atom. The number of para-hydroxylation sites is 1. The Balaban J connectivity index is 2.25. The Morgan fingerprint density at radius 3 is 2.88 bits per heavy atom. The van der Waals surface area contributed by atoms with E-state index in [2.05, 4.69) is 26.0 Å². The van der Waals surface area contributed by atoms with Gasteiger partial charge in [-0.05, 0) is 24.8 Å². The molecule has 1 amide bonds. The number of benzene rings is 1. The maximum atomic E-state index is 12.6. The molecule has 1 unspecified atom stereocenters. The second-order valence-corrected chi connectivity index (χ2v) is 6.97. The average Bonchev–Trinajstić information content (AvgIpc) is 2.62. The Morgan fingerprint density at radius 2 is 2.20 bits per heavy atom. The van der Waals surface area contributed by atoms with Gasteiger partial charge >= 0.3 is 6.09 Å². The molecular formula is C21H31NO3. The molecule has 0 aromatic heterocycles. The summed E-state index contributed by atoms with van der Waals surface area (Å²) in [4.78, 5) is 14.3. The molecule has 25 heavy (non-hydrogen) atoms. The minimum absolute atomic E-state index is 0.00991. The predicted molar refractivity (Wildman–Crippen MR) is 103 cm³/mol. The summed E-state index contributed by atoms with van der Waals surface area (Å²) < 4.78 is 11.6. The third-order valence-electron chi connectivity index (χ3n) is 4.22. The molecule has 0 spiro atoms. The van der Waals surface area contributed by atoms with Crippen molar-refractivity contribution < 1.29 is 14.3 Å². The summed E-state index contributed by atoms with van der Waals surface area (Å²) in [5, 5.41) is 0. The van der Waals surface area contributed by atoms with Crippen LogP contribution in [-0.2, 0) is 4.74 Å². The number of carbonyl (C=O) groups excluding carboxylic acids is 1. The van der Waals surface area contributed by atoms with E-state index in [0.717, 1.165) is 29.8 Å². The topological polar surface area (TPSA) is 38.8 Å². The van der Waals surface area contributed by atoms with Crippen LogP contribution in [0.15, 0.2) is 24.3 Å². The van der Waals surface area contributed by atoms with Crippen molar-refractivity contribution in [2.24, 2.45) is 5.92 Å². The Kier molecular flexibility index (Phi) is 7.35. The van der Waals surface area contributed by atoms with Gasteiger partial charge in [0.15, 0.2) is 5.75 Å². The first-order valence-corrected chi connectivity index (χ1v) is 9.47. The van der Waals surface area contributed by atoms with Gasteiger partial charge in [-0.15, -0.1) is 0 Å². The van der Waals surface area contributed by atoms with Crippen LogP contribution >= 0.6 is 0 Å². The van der Waals surface area contributed by atoms with Crippen LogP contribution in [0.25, 0.3) is 6.08 Å². The van der Waals surface area contributed by atoms with E-state index in [4.69, 9.17) is 9.47 Å². The molecule has 1 aliphatic rings. The van der Waals surface area contributed by atoms with Crippen LogP contribution in [0.5, 0.6) is 5.75 Å². The van der Waals surface area contributed by atoms with E-state index in [1.807, 2.05) is 32.0 Å². The van der Waals surface area contributed by atoms with E-state index in [9.17, 15) is 4.79 Å². The van der Waals surface area contributed by atoms with Crippen molar-refractivity contribution in [3.63, 3.8) is 0 Å². The minimum Gasteiger partial charge on any atom is -0.486 e. The molecule has 0 radical (unpaired) electrons. The monoisotopic (exact) mass is 345 g/mol. The van der Waals surface area contributed by atoms with E-state index < -0.39 is 0 Å². The fraction of sp³-hybridized carbons (Fsp3) is 0.571. The lowest BCUT2D eigenvalue weighted by atomic mass is 10.1. The van der Waals surface area contributed by atoms with E-state index >= 15 is 0 Å². The molecule has 0 saturated carbocycles. The lowest BCUT2D eigenvalue weighted by molar-refractivity contribution is 0.129. The summed E-state index contributed by atoms with van der Waals surface area (Å²) in [6.45, 7) is 9.30. The summed E-state index contributed by atoms with van der Waals surface area (Å²) in [6, 6.07) is 5.94. The van der Waals surface area contributed by atoms with Gasteiger partial charge in [0.1, 0.15) is 6.10 Å². The Labute approximate surface area is 151 Å². The molecule has 1 aromatic carbocycles. The summed E-state index contributed by atoms with van der Waals surface area (Å²) in [5.74, 6) is 1.11. The van der Waals surface area contributed by atoms with E-state index in [1.165, 1.54) is 12.8 Å². The van der Waals surface area contributed by atoms with Crippen LogP contribution in [0, 0.1) is 5.92 Å². The molecule has 0 fully saturated rings. The maximum absolute atomic E-state index is 12.6. The molecule has 0 N–H and O–H groups in total. The number of fused-ring (bicyclic) bond motifs is 1. The van der Waals surface area contributed by atoms with Crippen molar-refractivity contribution in [1.82, 2.24) is 0 Å². The standard InChI is InChI=1S/C21H31NO3/c1-5-7-8-9-11-17-12-10-13-19-20(17)25-18(6-2)14-22(19)21(23)24-15-16(3)4/h9-13,16,18H,5-8,14-15H2,1-4H3/b11-9+.